The molecule has 1 aliphatic carbocycles. The zero-order chi connectivity index (χ0) is 16.1. The van der Waals surface area contributed by atoms with Crippen LogP contribution >= 0.6 is 11.3 Å². The third-order valence-electron chi connectivity index (χ3n) is 4.05. The van der Waals surface area contributed by atoms with Gasteiger partial charge in [0.2, 0.25) is 5.91 Å². The molecule has 22 heavy (non-hydrogen) atoms. The van der Waals surface area contributed by atoms with Gasteiger partial charge in [-0.3, -0.25) is 9.00 Å². The zero-order valence-corrected chi connectivity index (χ0v) is 15.3. The largest absolute Gasteiger partial charge is 0.353 e. The molecule has 0 aliphatic heterocycles. The molecule has 1 aliphatic rings. The predicted octanol–water partition coefficient (Wildman–Crippen LogP) is 3.21. The van der Waals surface area contributed by atoms with Gasteiger partial charge in [0.25, 0.3) is 0 Å². The Hall–Kier alpha value is -0.750. The minimum atomic E-state index is -1.18. The molecule has 2 rings (SSSR count). The summed E-state index contributed by atoms with van der Waals surface area (Å²) in [4.78, 5) is 16.5. The van der Waals surface area contributed by atoms with E-state index in [4.69, 9.17) is 0 Å². The first-order chi connectivity index (χ1) is 10.4. The van der Waals surface area contributed by atoms with E-state index in [2.05, 4.69) is 31.1 Å². The maximum absolute atomic E-state index is 12.1. The van der Waals surface area contributed by atoms with Gasteiger partial charge in [-0.2, -0.15) is 0 Å². The maximum atomic E-state index is 12.1. The van der Waals surface area contributed by atoms with Crippen LogP contribution in [0.5, 0.6) is 0 Å². The van der Waals surface area contributed by atoms with Crippen molar-refractivity contribution in [3.05, 3.63) is 16.1 Å². The topological polar surface area (TPSA) is 59.1 Å². The highest BCUT2D eigenvalue weighted by Crippen LogP contribution is 2.23. The predicted molar refractivity (Wildman–Crippen MR) is 92.5 cm³/mol. The highest BCUT2D eigenvalue weighted by atomic mass is 32.2. The summed E-state index contributed by atoms with van der Waals surface area (Å²) in [5.74, 6) is 1.53. The monoisotopic (exact) mass is 342 g/mol. The molecule has 0 spiro atoms. The number of carbonyl (C=O) groups excluding carboxylic acids is 1. The summed E-state index contributed by atoms with van der Waals surface area (Å²) >= 11 is 1.60. The van der Waals surface area contributed by atoms with Crippen molar-refractivity contribution in [3.63, 3.8) is 0 Å². The normalized spacial score (nSPS) is 23.5. The van der Waals surface area contributed by atoms with Crippen molar-refractivity contribution in [2.75, 3.05) is 5.75 Å². The van der Waals surface area contributed by atoms with Crippen LogP contribution in [0.2, 0.25) is 0 Å². The minimum Gasteiger partial charge on any atom is -0.353 e. The van der Waals surface area contributed by atoms with E-state index in [9.17, 15) is 9.00 Å². The van der Waals surface area contributed by atoms with Crippen molar-refractivity contribution in [2.24, 2.45) is 5.92 Å². The number of thiazole rings is 1. The van der Waals surface area contributed by atoms with E-state index >= 15 is 0 Å². The van der Waals surface area contributed by atoms with E-state index in [0.29, 0.717) is 11.7 Å². The van der Waals surface area contributed by atoms with Crippen LogP contribution in [0, 0.1) is 5.92 Å². The molecule has 1 saturated carbocycles. The first kappa shape index (κ1) is 17.6. The Morgan fingerprint density at radius 3 is 2.68 bits per heavy atom. The second-order valence-electron chi connectivity index (χ2n) is 6.58. The van der Waals surface area contributed by atoms with E-state index in [1.54, 1.807) is 11.3 Å². The lowest BCUT2D eigenvalue weighted by Crippen LogP contribution is -2.39. The Labute approximate surface area is 139 Å². The SMILES string of the molecule is CC1CCC(NC(=O)C[S@](=O)Cc2csc(C(C)C)n2)CC1. The molecule has 0 radical (unpaired) electrons. The second-order valence-corrected chi connectivity index (χ2v) is 8.93. The molecule has 0 aromatic carbocycles. The fourth-order valence-electron chi connectivity index (χ4n) is 2.69. The Kier molecular flexibility index (Phi) is 6.56. The molecule has 6 heteroatoms. The van der Waals surface area contributed by atoms with Gasteiger partial charge in [0.05, 0.1) is 16.5 Å². The zero-order valence-electron chi connectivity index (χ0n) is 13.6. The van der Waals surface area contributed by atoms with Crippen molar-refractivity contribution in [1.29, 1.82) is 0 Å². The molecule has 1 aromatic rings. The second kappa shape index (κ2) is 8.20. The van der Waals surface area contributed by atoms with Gasteiger partial charge in [0.15, 0.2) is 0 Å². The van der Waals surface area contributed by atoms with Crippen LogP contribution in [0.3, 0.4) is 0 Å². The van der Waals surface area contributed by atoms with Crippen LogP contribution in [-0.2, 0) is 21.3 Å². The van der Waals surface area contributed by atoms with Crippen LogP contribution in [0.4, 0.5) is 0 Å². The van der Waals surface area contributed by atoms with Gasteiger partial charge in [0, 0.05) is 28.1 Å². The lowest BCUT2D eigenvalue weighted by molar-refractivity contribution is -0.119. The molecule has 4 nitrogen and oxygen atoms in total. The molecule has 1 aromatic heterocycles. The average Bonchev–Trinajstić information content (AvgIpc) is 2.89. The summed E-state index contributed by atoms with van der Waals surface area (Å²) in [6.07, 6.45) is 4.43. The maximum Gasteiger partial charge on any atom is 0.232 e. The summed E-state index contributed by atoms with van der Waals surface area (Å²) in [6.45, 7) is 6.45. The molecule has 0 saturated heterocycles. The molecule has 0 unspecified atom stereocenters. The number of hydrogen-bond donors (Lipinski definition) is 1. The highest BCUT2D eigenvalue weighted by molar-refractivity contribution is 7.84. The fraction of sp³-hybridized carbons (Fsp3) is 0.750. The summed E-state index contributed by atoms with van der Waals surface area (Å²) < 4.78 is 12.1. The van der Waals surface area contributed by atoms with Gasteiger partial charge in [-0.25, -0.2) is 4.98 Å². The Balaban J connectivity index is 1.75. The quantitative estimate of drug-likeness (QED) is 0.863. The van der Waals surface area contributed by atoms with Crippen molar-refractivity contribution in [2.45, 2.75) is 64.2 Å². The molecule has 1 amide bonds. The third-order valence-corrected chi connectivity index (χ3v) is 6.44. The Morgan fingerprint density at radius 1 is 1.41 bits per heavy atom. The number of nitrogens with one attached hydrogen (secondary N) is 1. The van der Waals surface area contributed by atoms with Crippen LogP contribution < -0.4 is 5.32 Å². The Morgan fingerprint density at radius 2 is 2.09 bits per heavy atom. The molecule has 124 valence electrons. The number of aromatic nitrogens is 1. The van der Waals surface area contributed by atoms with Crippen LogP contribution in [0.15, 0.2) is 5.38 Å². The smallest absolute Gasteiger partial charge is 0.232 e. The van der Waals surface area contributed by atoms with Crippen molar-refractivity contribution >= 4 is 28.0 Å². The van der Waals surface area contributed by atoms with Gasteiger partial charge >= 0.3 is 0 Å². The third kappa shape index (κ3) is 5.47. The highest BCUT2D eigenvalue weighted by Gasteiger charge is 2.20. The summed E-state index contributed by atoms with van der Waals surface area (Å²) in [5.41, 5.74) is 0.839. The standard InChI is InChI=1S/C16H26N2O2S2/c1-11(2)16-18-14(8-21-16)9-22(20)10-15(19)17-13-6-4-12(3)5-7-13/h8,11-13H,4-7,9-10H2,1-3H3,(H,17,19)/t12?,13?,22-/m1/s1. The summed E-state index contributed by atoms with van der Waals surface area (Å²) in [5, 5.41) is 6.04. The molecule has 1 fully saturated rings. The van der Waals surface area contributed by atoms with E-state index in [1.807, 2.05) is 5.38 Å². The van der Waals surface area contributed by atoms with Gasteiger partial charge in [-0.05, 0) is 31.6 Å². The van der Waals surface area contributed by atoms with Crippen molar-refractivity contribution in [1.82, 2.24) is 10.3 Å². The van der Waals surface area contributed by atoms with Gasteiger partial charge in [-0.1, -0.05) is 20.8 Å². The molecule has 1 atom stereocenters. The van der Waals surface area contributed by atoms with Crippen molar-refractivity contribution in [3.8, 4) is 0 Å². The number of nitrogens with zero attached hydrogens (tertiary/aromatic N) is 1. The number of amides is 1. The van der Waals surface area contributed by atoms with Crippen LogP contribution in [0.1, 0.15) is 63.1 Å². The Bertz CT molecular complexity index is 520. The molecular weight excluding hydrogens is 316 g/mol. The van der Waals surface area contributed by atoms with E-state index < -0.39 is 10.8 Å². The first-order valence-electron chi connectivity index (χ1n) is 8.02. The van der Waals surface area contributed by atoms with E-state index in [0.717, 1.165) is 29.5 Å². The van der Waals surface area contributed by atoms with Gasteiger partial charge < -0.3 is 5.32 Å². The van der Waals surface area contributed by atoms with Gasteiger partial charge in [0.1, 0.15) is 5.75 Å². The molecular formula is C16H26N2O2S2. The number of rotatable bonds is 6. The number of hydrogen-bond acceptors (Lipinski definition) is 4. The summed E-state index contributed by atoms with van der Waals surface area (Å²) in [7, 11) is -1.18. The van der Waals surface area contributed by atoms with Gasteiger partial charge in [-0.15, -0.1) is 11.3 Å². The first-order valence-corrected chi connectivity index (χ1v) is 10.4. The number of carbonyl (C=O) groups is 1. The van der Waals surface area contributed by atoms with Crippen molar-refractivity contribution < 1.29 is 9.00 Å². The van der Waals surface area contributed by atoms with Crippen LogP contribution in [-0.4, -0.2) is 26.9 Å². The lowest BCUT2D eigenvalue weighted by atomic mass is 9.87. The molecule has 1 N–H and O–H groups in total. The molecule has 1 heterocycles. The lowest BCUT2D eigenvalue weighted by Gasteiger charge is -2.26. The van der Waals surface area contributed by atoms with E-state index in [-0.39, 0.29) is 17.7 Å². The van der Waals surface area contributed by atoms with E-state index in [1.165, 1.54) is 12.8 Å². The summed E-state index contributed by atoms with van der Waals surface area (Å²) in [6, 6.07) is 0.271. The average molecular weight is 343 g/mol. The fourth-order valence-corrected chi connectivity index (χ4v) is 4.59. The van der Waals surface area contributed by atoms with Crippen LogP contribution in [0.25, 0.3) is 0 Å². The molecule has 0 bridgehead atoms. The minimum absolute atomic E-state index is 0.0839.